The third-order valence-electron chi connectivity index (χ3n) is 3.56. The SMILES string of the molecule is C[C@H]1C=CC(C)(C(O)(C(F)(F)F)C(F)(F)F)CC1. The van der Waals surface area contributed by atoms with Crippen LogP contribution >= 0.6 is 0 Å². The molecule has 106 valence electrons. The second-order valence-electron chi connectivity index (χ2n) is 5.00. The smallest absolute Gasteiger partial charge is 0.373 e. The maximum Gasteiger partial charge on any atom is 0.427 e. The van der Waals surface area contributed by atoms with Crippen molar-refractivity contribution in [2.75, 3.05) is 0 Å². The van der Waals surface area contributed by atoms with Crippen LogP contribution in [-0.4, -0.2) is 23.1 Å². The van der Waals surface area contributed by atoms with Gasteiger partial charge in [-0.25, -0.2) is 0 Å². The molecule has 0 saturated heterocycles. The first kappa shape index (κ1) is 15.3. The lowest BCUT2D eigenvalue weighted by molar-refractivity contribution is -0.396. The molecule has 0 amide bonds. The van der Waals surface area contributed by atoms with Crippen LogP contribution in [-0.2, 0) is 0 Å². The first-order chi connectivity index (χ1) is 7.85. The van der Waals surface area contributed by atoms with Crippen LogP contribution in [0.15, 0.2) is 12.2 Å². The molecule has 1 aliphatic rings. The summed E-state index contributed by atoms with van der Waals surface area (Å²) < 4.78 is 76.3. The largest absolute Gasteiger partial charge is 0.427 e. The molecule has 0 aromatic heterocycles. The van der Waals surface area contributed by atoms with Crippen molar-refractivity contribution in [3.05, 3.63) is 12.2 Å². The van der Waals surface area contributed by atoms with E-state index in [1.807, 2.05) is 0 Å². The van der Waals surface area contributed by atoms with E-state index < -0.39 is 23.4 Å². The van der Waals surface area contributed by atoms with Crippen LogP contribution in [0.25, 0.3) is 0 Å². The molecule has 0 heterocycles. The molecular formula is C11H14F6O. The van der Waals surface area contributed by atoms with Gasteiger partial charge in [0.25, 0.3) is 5.60 Å². The van der Waals surface area contributed by atoms with E-state index in [0.29, 0.717) is 0 Å². The predicted octanol–water partition coefficient (Wildman–Crippen LogP) is 3.83. The standard InChI is InChI=1S/C11H14F6O/c1-7-3-5-8(2,6-4-7)9(18,10(12,13)14)11(15,16)17/h3,5,7,18H,4,6H2,1-2H3/t7-,8?/m0/s1. The van der Waals surface area contributed by atoms with Gasteiger partial charge >= 0.3 is 12.4 Å². The van der Waals surface area contributed by atoms with Gasteiger partial charge in [0.1, 0.15) is 0 Å². The Kier molecular flexibility index (Phi) is 3.53. The summed E-state index contributed by atoms with van der Waals surface area (Å²) in [7, 11) is 0. The van der Waals surface area contributed by atoms with Gasteiger partial charge in [-0.05, 0) is 18.8 Å². The normalized spacial score (nSPS) is 30.6. The van der Waals surface area contributed by atoms with E-state index in [1.54, 1.807) is 6.92 Å². The van der Waals surface area contributed by atoms with Gasteiger partial charge < -0.3 is 5.11 Å². The molecule has 0 saturated carbocycles. The topological polar surface area (TPSA) is 20.2 Å². The fraction of sp³-hybridized carbons (Fsp3) is 0.818. The van der Waals surface area contributed by atoms with Gasteiger partial charge in [0.2, 0.25) is 0 Å². The zero-order valence-corrected chi connectivity index (χ0v) is 9.86. The summed E-state index contributed by atoms with van der Waals surface area (Å²) in [4.78, 5) is 0. The lowest BCUT2D eigenvalue weighted by Gasteiger charge is -2.46. The molecule has 0 radical (unpaired) electrons. The summed E-state index contributed by atoms with van der Waals surface area (Å²) >= 11 is 0. The molecule has 0 fully saturated rings. The molecule has 0 aromatic rings. The van der Waals surface area contributed by atoms with Crippen LogP contribution in [0.1, 0.15) is 26.7 Å². The van der Waals surface area contributed by atoms with Gasteiger partial charge in [0.15, 0.2) is 0 Å². The van der Waals surface area contributed by atoms with Gasteiger partial charge in [0, 0.05) is 5.41 Å². The van der Waals surface area contributed by atoms with Gasteiger partial charge in [-0.3, -0.25) is 0 Å². The molecule has 0 spiro atoms. The predicted molar refractivity (Wildman–Crippen MR) is 52.7 cm³/mol. The Morgan fingerprint density at radius 2 is 1.56 bits per heavy atom. The first-order valence-corrected chi connectivity index (χ1v) is 5.40. The van der Waals surface area contributed by atoms with Gasteiger partial charge in [-0.1, -0.05) is 26.0 Å². The van der Waals surface area contributed by atoms with Crippen LogP contribution in [0.3, 0.4) is 0 Å². The van der Waals surface area contributed by atoms with Crippen molar-refractivity contribution in [1.29, 1.82) is 0 Å². The Bertz CT molecular complexity index is 328. The Labute approximate surface area is 100 Å². The second kappa shape index (κ2) is 4.15. The fourth-order valence-corrected chi connectivity index (χ4v) is 2.19. The monoisotopic (exact) mass is 276 g/mol. The van der Waals surface area contributed by atoms with Crippen molar-refractivity contribution in [1.82, 2.24) is 0 Å². The molecule has 1 N–H and O–H groups in total. The fourth-order valence-electron chi connectivity index (χ4n) is 2.19. The summed E-state index contributed by atoms with van der Waals surface area (Å²) in [5, 5.41) is 9.35. The van der Waals surface area contributed by atoms with Gasteiger partial charge in [0.05, 0.1) is 0 Å². The van der Waals surface area contributed by atoms with Crippen LogP contribution in [0.5, 0.6) is 0 Å². The summed E-state index contributed by atoms with van der Waals surface area (Å²) in [5.41, 5.74) is -7.11. The second-order valence-corrected chi connectivity index (χ2v) is 5.00. The van der Waals surface area contributed by atoms with Crippen LogP contribution in [0.4, 0.5) is 26.3 Å². The van der Waals surface area contributed by atoms with E-state index in [1.165, 1.54) is 6.08 Å². The first-order valence-electron chi connectivity index (χ1n) is 5.40. The van der Waals surface area contributed by atoms with Crippen molar-refractivity contribution < 1.29 is 31.4 Å². The molecule has 1 aliphatic carbocycles. The Morgan fingerprint density at radius 3 is 1.83 bits per heavy atom. The average molecular weight is 276 g/mol. The number of allylic oxidation sites excluding steroid dienone is 1. The van der Waals surface area contributed by atoms with Crippen molar-refractivity contribution in [2.45, 2.75) is 44.6 Å². The third kappa shape index (κ3) is 2.13. The number of alkyl halides is 6. The van der Waals surface area contributed by atoms with Crippen molar-refractivity contribution in [3.8, 4) is 0 Å². The highest BCUT2D eigenvalue weighted by molar-refractivity contribution is 5.17. The highest BCUT2D eigenvalue weighted by Crippen LogP contribution is 2.56. The molecule has 18 heavy (non-hydrogen) atoms. The van der Waals surface area contributed by atoms with Gasteiger partial charge in [-0.2, -0.15) is 26.3 Å². The van der Waals surface area contributed by atoms with E-state index in [0.717, 1.165) is 13.0 Å². The van der Waals surface area contributed by atoms with Crippen molar-refractivity contribution in [2.24, 2.45) is 11.3 Å². The molecule has 0 bridgehead atoms. The number of hydrogen-bond donors (Lipinski definition) is 1. The molecule has 0 aliphatic heterocycles. The van der Waals surface area contributed by atoms with E-state index in [9.17, 15) is 31.4 Å². The van der Waals surface area contributed by atoms with E-state index >= 15 is 0 Å². The Hall–Kier alpha value is -0.720. The summed E-state index contributed by atoms with van der Waals surface area (Å²) in [6, 6.07) is 0. The summed E-state index contributed by atoms with van der Waals surface area (Å²) in [6.07, 6.45) is -9.63. The zero-order chi connectivity index (χ0) is 14.4. The molecule has 1 unspecified atom stereocenters. The maximum absolute atomic E-state index is 12.7. The third-order valence-corrected chi connectivity index (χ3v) is 3.56. The summed E-state index contributed by atoms with van der Waals surface area (Å²) in [6.45, 7) is 2.48. The number of halogens is 6. The molecule has 2 atom stereocenters. The summed E-state index contributed by atoms with van der Waals surface area (Å²) in [5.74, 6) is -0.0937. The van der Waals surface area contributed by atoms with E-state index in [2.05, 4.69) is 0 Å². The molecule has 7 heteroatoms. The number of aliphatic hydroxyl groups is 1. The maximum atomic E-state index is 12.7. The van der Waals surface area contributed by atoms with Gasteiger partial charge in [-0.15, -0.1) is 0 Å². The Morgan fingerprint density at radius 1 is 1.11 bits per heavy atom. The minimum absolute atomic E-state index is 0.0937. The van der Waals surface area contributed by atoms with Crippen molar-refractivity contribution >= 4 is 0 Å². The van der Waals surface area contributed by atoms with Crippen molar-refractivity contribution in [3.63, 3.8) is 0 Å². The lowest BCUT2D eigenvalue weighted by Crippen LogP contribution is -2.66. The molecular weight excluding hydrogens is 262 g/mol. The number of rotatable bonds is 1. The minimum atomic E-state index is -5.77. The lowest BCUT2D eigenvalue weighted by atomic mass is 9.65. The zero-order valence-electron chi connectivity index (χ0n) is 9.86. The van der Waals surface area contributed by atoms with Crippen LogP contribution in [0.2, 0.25) is 0 Å². The molecule has 1 rings (SSSR count). The minimum Gasteiger partial charge on any atom is -0.373 e. The van der Waals surface area contributed by atoms with Crippen LogP contribution in [0, 0.1) is 11.3 Å². The molecule has 0 aromatic carbocycles. The Balaban J connectivity index is 3.34. The highest BCUT2D eigenvalue weighted by Gasteiger charge is 2.77. The van der Waals surface area contributed by atoms with Crippen LogP contribution < -0.4 is 0 Å². The molecule has 1 nitrogen and oxygen atoms in total. The van der Waals surface area contributed by atoms with E-state index in [-0.39, 0.29) is 18.8 Å². The van der Waals surface area contributed by atoms with E-state index in [4.69, 9.17) is 0 Å². The average Bonchev–Trinajstić information content (AvgIpc) is 2.18. The highest BCUT2D eigenvalue weighted by atomic mass is 19.4. The number of hydrogen-bond acceptors (Lipinski definition) is 1. The quantitative estimate of drug-likeness (QED) is 0.570.